The Kier molecular flexibility index (Phi) is 20.1. The molecule has 0 radical (unpaired) electrons. The van der Waals surface area contributed by atoms with Crippen LogP contribution in [0, 0.1) is 5.41 Å². The summed E-state index contributed by atoms with van der Waals surface area (Å²) in [6.45, 7) is 24.7. The van der Waals surface area contributed by atoms with Crippen molar-refractivity contribution in [2.75, 3.05) is 5.73 Å². The number of aliphatic hydroxyl groups is 1. The van der Waals surface area contributed by atoms with Crippen LogP contribution in [0.5, 0.6) is 0 Å². The van der Waals surface area contributed by atoms with E-state index >= 15 is 0 Å². The molecular formula is C34H57F3N4O2. The molecule has 0 amide bonds. The minimum Gasteiger partial charge on any atom is -0.508 e. The molecule has 4 N–H and O–H groups in total. The first-order valence-corrected chi connectivity index (χ1v) is 15.6. The van der Waals surface area contributed by atoms with Gasteiger partial charge in [-0.1, -0.05) is 101 Å². The summed E-state index contributed by atoms with van der Waals surface area (Å²) >= 11 is 0. The summed E-state index contributed by atoms with van der Waals surface area (Å²) in [6, 6.07) is 1.73. The highest BCUT2D eigenvalue weighted by Gasteiger charge is 2.32. The van der Waals surface area contributed by atoms with E-state index in [1.165, 1.54) is 32.7 Å². The molecule has 0 atom stereocenters. The lowest BCUT2D eigenvalue weighted by Crippen LogP contribution is -2.24. The zero-order valence-electron chi connectivity index (χ0n) is 28.4. The van der Waals surface area contributed by atoms with E-state index in [1.807, 2.05) is 47.6 Å². The fraction of sp³-hybridized carbons (Fsp3) is 0.588. The van der Waals surface area contributed by atoms with Gasteiger partial charge in [-0.05, 0) is 48.8 Å². The summed E-state index contributed by atoms with van der Waals surface area (Å²) in [4.78, 5) is 16.5. The molecule has 0 aliphatic heterocycles. The van der Waals surface area contributed by atoms with Crippen molar-refractivity contribution >= 4 is 16.9 Å². The maximum Gasteiger partial charge on any atom is 0.416 e. The predicted octanol–water partition coefficient (Wildman–Crippen LogP) is 9.99. The summed E-state index contributed by atoms with van der Waals surface area (Å²) in [5.41, 5.74) is 6.05. The number of allylic oxidation sites excluding steroid dienone is 2. The molecule has 1 aromatic carbocycles. The Morgan fingerprint density at radius 2 is 1.53 bits per heavy atom. The Labute approximate surface area is 258 Å². The van der Waals surface area contributed by atoms with Gasteiger partial charge in [-0.2, -0.15) is 13.2 Å². The average molecular weight is 611 g/mol. The molecule has 9 heteroatoms. The third kappa shape index (κ3) is 13.3. The van der Waals surface area contributed by atoms with Crippen molar-refractivity contribution in [2.24, 2.45) is 12.5 Å². The van der Waals surface area contributed by atoms with Gasteiger partial charge >= 0.3 is 6.18 Å². The first-order valence-electron chi connectivity index (χ1n) is 15.6. The lowest BCUT2D eigenvalue weighted by molar-refractivity contribution is -0.137. The number of nitrogens with one attached hydrogen (secondary N) is 1. The number of benzene rings is 1. The number of nitrogens with two attached hydrogens (primary N) is 1. The first kappa shape index (κ1) is 41.9. The van der Waals surface area contributed by atoms with Crippen molar-refractivity contribution < 1.29 is 18.3 Å². The SMILES string of the molecule is C=C(O)C1=CCCC=C1NCc1cc(C(F)(F)F)cc2c(=O)n(C)c(N)nc12.CC.CC.CC.CCCC(C)(C)CCC. The normalized spacial score (nSPS) is 12.4. The number of rotatable bonds is 8. The Morgan fingerprint density at radius 3 is 2.00 bits per heavy atom. The van der Waals surface area contributed by atoms with E-state index in [1.54, 1.807) is 6.08 Å². The van der Waals surface area contributed by atoms with Crippen LogP contribution < -0.4 is 16.6 Å². The number of fused-ring (bicyclic) bond motifs is 1. The second-order valence-corrected chi connectivity index (χ2v) is 10.1. The van der Waals surface area contributed by atoms with Crippen LogP contribution in [-0.2, 0) is 19.8 Å². The van der Waals surface area contributed by atoms with E-state index in [0.717, 1.165) is 23.1 Å². The van der Waals surface area contributed by atoms with Gasteiger partial charge < -0.3 is 16.2 Å². The average Bonchev–Trinajstić information content (AvgIpc) is 2.98. The highest BCUT2D eigenvalue weighted by molar-refractivity contribution is 5.83. The summed E-state index contributed by atoms with van der Waals surface area (Å²) in [7, 11) is 1.35. The minimum atomic E-state index is -4.62. The summed E-state index contributed by atoms with van der Waals surface area (Å²) in [5, 5.41) is 12.6. The molecule has 1 aliphatic rings. The first-order chi connectivity index (χ1) is 20.2. The molecule has 3 rings (SSSR count). The number of hydrogen-bond donors (Lipinski definition) is 3. The van der Waals surface area contributed by atoms with Gasteiger partial charge in [-0.3, -0.25) is 9.36 Å². The number of hydrogen-bond acceptors (Lipinski definition) is 5. The molecule has 246 valence electrons. The van der Waals surface area contributed by atoms with Crippen molar-refractivity contribution in [1.29, 1.82) is 0 Å². The Balaban J connectivity index is 0. The number of nitrogens with zero attached hydrogens (tertiary/aromatic N) is 2. The fourth-order valence-corrected chi connectivity index (χ4v) is 4.55. The van der Waals surface area contributed by atoms with Crippen LogP contribution in [0.3, 0.4) is 0 Å². The zero-order chi connectivity index (χ0) is 34.0. The second kappa shape index (κ2) is 20.6. The van der Waals surface area contributed by atoms with Crippen LogP contribution in [0.4, 0.5) is 19.1 Å². The van der Waals surface area contributed by atoms with Gasteiger partial charge in [-0.25, -0.2) is 4.98 Å². The van der Waals surface area contributed by atoms with Crippen molar-refractivity contribution in [1.82, 2.24) is 14.9 Å². The van der Waals surface area contributed by atoms with Gasteiger partial charge in [0.05, 0.1) is 16.5 Å². The van der Waals surface area contributed by atoms with Crippen LogP contribution >= 0.6 is 0 Å². The van der Waals surface area contributed by atoms with Crippen molar-refractivity contribution in [3.63, 3.8) is 0 Å². The van der Waals surface area contributed by atoms with E-state index in [9.17, 15) is 23.1 Å². The van der Waals surface area contributed by atoms with E-state index in [2.05, 4.69) is 44.6 Å². The lowest BCUT2D eigenvalue weighted by Gasteiger charge is -2.22. The van der Waals surface area contributed by atoms with Gasteiger partial charge in [0, 0.05) is 24.9 Å². The molecule has 0 spiro atoms. The fourth-order valence-electron chi connectivity index (χ4n) is 4.55. The number of aromatic nitrogens is 2. The van der Waals surface area contributed by atoms with Gasteiger partial charge in [0.25, 0.3) is 5.56 Å². The lowest BCUT2D eigenvalue weighted by atomic mass is 9.84. The van der Waals surface area contributed by atoms with Crippen LogP contribution in [0.2, 0.25) is 0 Å². The Bertz CT molecular complexity index is 1230. The smallest absolute Gasteiger partial charge is 0.416 e. The molecule has 1 aliphatic carbocycles. The van der Waals surface area contributed by atoms with Gasteiger partial charge in [-0.15, -0.1) is 0 Å². The topological polar surface area (TPSA) is 93.2 Å². The number of halogens is 3. The van der Waals surface area contributed by atoms with Crippen LogP contribution in [-0.4, -0.2) is 14.7 Å². The zero-order valence-corrected chi connectivity index (χ0v) is 28.4. The number of anilines is 1. The van der Waals surface area contributed by atoms with Gasteiger partial charge in [0.1, 0.15) is 5.76 Å². The molecule has 6 nitrogen and oxygen atoms in total. The van der Waals surface area contributed by atoms with Crippen LogP contribution in [0.1, 0.15) is 119 Å². The molecule has 1 heterocycles. The molecule has 0 unspecified atom stereocenters. The molecule has 0 saturated heterocycles. The summed E-state index contributed by atoms with van der Waals surface area (Å²) < 4.78 is 41.0. The molecule has 43 heavy (non-hydrogen) atoms. The Hall–Kier alpha value is -3.23. The number of nitrogen functional groups attached to an aromatic ring is 1. The third-order valence-electron chi connectivity index (χ3n) is 6.41. The molecular weight excluding hydrogens is 553 g/mol. The highest BCUT2D eigenvalue weighted by Crippen LogP contribution is 2.33. The number of alkyl halides is 3. The monoisotopic (exact) mass is 610 g/mol. The molecule has 0 saturated carbocycles. The van der Waals surface area contributed by atoms with Crippen molar-refractivity contribution in [3.8, 4) is 0 Å². The maximum absolute atomic E-state index is 13.3. The van der Waals surface area contributed by atoms with Crippen LogP contribution in [0.25, 0.3) is 10.9 Å². The minimum absolute atomic E-state index is 0.0452. The predicted molar refractivity (Wildman–Crippen MR) is 178 cm³/mol. The largest absolute Gasteiger partial charge is 0.508 e. The second-order valence-electron chi connectivity index (χ2n) is 10.1. The van der Waals surface area contributed by atoms with E-state index in [0.29, 0.717) is 23.1 Å². The molecule has 2 aromatic rings. The van der Waals surface area contributed by atoms with E-state index in [4.69, 9.17) is 5.73 Å². The maximum atomic E-state index is 13.3. The molecule has 0 bridgehead atoms. The van der Waals surface area contributed by atoms with E-state index < -0.39 is 17.3 Å². The number of aliphatic hydroxyl groups excluding tert-OH is 1. The highest BCUT2D eigenvalue weighted by atomic mass is 19.4. The van der Waals surface area contributed by atoms with Gasteiger partial charge in [0.15, 0.2) is 0 Å². The summed E-state index contributed by atoms with van der Waals surface area (Å²) in [5.74, 6) is -0.233. The van der Waals surface area contributed by atoms with Crippen molar-refractivity contribution in [2.45, 2.75) is 120 Å². The molecule has 1 aromatic heterocycles. The van der Waals surface area contributed by atoms with E-state index in [-0.39, 0.29) is 34.7 Å². The summed E-state index contributed by atoms with van der Waals surface area (Å²) in [6.07, 6.45) is 5.84. The van der Waals surface area contributed by atoms with Gasteiger partial charge in [0.2, 0.25) is 5.95 Å². The Morgan fingerprint density at radius 1 is 1.02 bits per heavy atom. The quantitative estimate of drug-likeness (QED) is 0.259. The van der Waals surface area contributed by atoms with Crippen LogP contribution in [0.15, 0.2) is 52.7 Å². The third-order valence-corrected chi connectivity index (χ3v) is 6.41. The molecule has 0 fully saturated rings. The van der Waals surface area contributed by atoms with Crippen molar-refractivity contribution in [3.05, 3.63) is 69.4 Å². The standard InChI is InChI=1S/C19H19F3N4O2.C9H20.3C2H6/c1-10(27)13-5-3-4-6-15(13)24-9-11-7-12(19(20,21)22)8-14-16(11)25-18(23)26(2)17(14)28;1-5-7-9(3,4)8-6-2;3*1-2/h5-8,24,27H,1,3-4,9H2,2H3,(H2,23,25);5-8H2,1-4H3;3*1-2H3.